The summed E-state index contributed by atoms with van der Waals surface area (Å²) in [5.74, 6) is 1.29. The Bertz CT molecular complexity index is 317. The molecule has 2 N–H and O–H groups in total. The highest BCUT2D eigenvalue weighted by molar-refractivity contribution is 9.10. The zero-order valence-corrected chi connectivity index (χ0v) is 10.6. The van der Waals surface area contributed by atoms with Crippen LogP contribution >= 0.6 is 15.9 Å². The maximum absolute atomic E-state index is 5.68. The molecule has 0 saturated carbocycles. The fraction of sp³-hybridized carbons (Fsp3) is 0.700. The minimum atomic E-state index is 0.583. The van der Waals surface area contributed by atoms with Crippen LogP contribution in [0.2, 0.25) is 0 Å². The van der Waals surface area contributed by atoms with E-state index in [1.54, 1.807) is 0 Å². The summed E-state index contributed by atoms with van der Waals surface area (Å²) in [4.78, 5) is 2.38. The molecule has 5 heteroatoms. The lowest BCUT2D eigenvalue weighted by molar-refractivity contribution is 0.191. The van der Waals surface area contributed by atoms with E-state index in [0.29, 0.717) is 11.7 Å². The molecule has 2 heterocycles. The second kappa shape index (κ2) is 4.53. The minimum Gasteiger partial charge on any atom is -0.381 e. The van der Waals surface area contributed by atoms with Crippen LogP contribution in [0.25, 0.3) is 0 Å². The van der Waals surface area contributed by atoms with Crippen LogP contribution in [0.1, 0.15) is 12.8 Å². The van der Waals surface area contributed by atoms with E-state index >= 15 is 0 Å². The molecule has 84 valence electrons. The number of anilines is 1. The van der Waals surface area contributed by atoms with Crippen molar-refractivity contribution in [3.05, 3.63) is 10.7 Å². The van der Waals surface area contributed by atoms with Crippen molar-refractivity contribution in [3.63, 3.8) is 0 Å². The maximum Gasteiger partial charge on any atom is 0.159 e. The second-order valence-electron chi connectivity index (χ2n) is 4.35. The van der Waals surface area contributed by atoms with Crippen LogP contribution in [0.4, 0.5) is 5.82 Å². The van der Waals surface area contributed by atoms with Gasteiger partial charge < -0.3 is 10.6 Å². The van der Waals surface area contributed by atoms with Gasteiger partial charge in [-0.2, -0.15) is 5.10 Å². The molecule has 0 radical (unpaired) electrons. The average molecular weight is 273 g/mol. The molecule has 0 aromatic carbocycles. The summed E-state index contributed by atoms with van der Waals surface area (Å²) in [7, 11) is 2.18. The van der Waals surface area contributed by atoms with Crippen LogP contribution in [0.15, 0.2) is 10.7 Å². The zero-order chi connectivity index (χ0) is 10.8. The first-order valence-electron chi connectivity index (χ1n) is 5.32. The molecule has 0 aliphatic carbocycles. The molecule has 0 amide bonds. The van der Waals surface area contributed by atoms with Crippen molar-refractivity contribution in [3.8, 4) is 0 Å². The number of nitrogen functional groups attached to an aromatic ring is 1. The lowest BCUT2D eigenvalue weighted by Crippen LogP contribution is -2.34. The van der Waals surface area contributed by atoms with Gasteiger partial charge in [-0.05, 0) is 48.3 Å². The highest BCUT2D eigenvalue weighted by atomic mass is 79.9. The van der Waals surface area contributed by atoms with E-state index in [4.69, 9.17) is 5.73 Å². The number of nitrogens with zero attached hydrogens (tertiary/aromatic N) is 3. The molecule has 1 atom stereocenters. The van der Waals surface area contributed by atoms with Crippen LogP contribution in [0.5, 0.6) is 0 Å². The number of piperidine rings is 1. The van der Waals surface area contributed by atoms with Gasteiger partial charge in [0.25, 0.3) is 0 Å². The third kappa shape index (κ3) is 2.72. The topological polar surface area (TPSA) is 47.1 Å². The summed E-state index contributed by atoms with van der Waals surface area (Å²) in [5.41, 5.74) is 5.68. The molecule has 15 heavy (non-hydrogen) atoms. The van der Waals surface area contributed by atoms with Gasteiger partial charge in [-0.1, -0.05) is 0 Å². The SMILES string of the molecule is CN1CCCC(Cn2cc(Br)c(N)n2)C1. The largest absolute Gasteiger partial charge is 0.381 e. The number of hydrogen-bond acceptors (Lipinski definition) is 3. The Morgan fingerprint density at radius 3 is 3.07 bits per heavy atom. The van der Waals surface area contributed by atoms with Crippen LogP contribution in [0, 0.1) is 5.92 Å². The fourth-order valence-electron chi connectivity index (χ4n) is 2.19. The Kier molecular flexibility index (Phi) is 3.31. The lowest BCUT2D eigenvalue weighted by Gasteiger charge is -2.29. The van der Waals surface area contributed by atoms with Gasteiger partial charge >= 0.3 is 0 Å². The van der Waals surface area contributed by atoms with Crippen molar-refractivity contribution in [2.75, 3.05) is 25.9 Å². The van der Waals surface area contributed by atoms with Gasteiger partial charge in [0.2, 0.25) is 0 Å². The van der Waals surface area contributed by atoms with Crippen LogP contribution in [0.3, 0.4) is 0 Å². The Labute approximate surface area is 98.6 Å². The van der Waals surface area contributed by atoms with Gasteiger partial charge in [-0.3, -0.25) is 4.68 Å². The Morgan fingerprint density at radius 1 is 1.67 bits per heavy atom. The van der Waals surface area contributed by atoms with Crippen molar-refractivity contribution < 1.29 is 0 Å². The maximum atomic E-state index is 5.68. The fourth-order valence-corrected chi connectivity index (χ4v) is 2.51. The summed E-state index contributed by atoms with van der Waals surface area (Å²) in [5, 5.41) is 4.26. The first kappa shape index (κ1) is 11.0. The number of hydrogen-bond donors (Lipinski definition) is 1. The van der Waals surface area contributed by atoms with Gasteiger partial charge in [0.05, 0.1) is 4.47 Å². The van der Waals surface area contributed by atoms with Gasteiger partial charge in [-0.15, -0.1) is 0 Å². The van der Waals surface area contributed by atoms with Crippen molar-refractivity contribution in [2.45, 2.75) is 19.4 Å². The summed E-state index contributed by atoms with van der Waals surface area (Å²) < 4.78 is 2.84. The van der Waals surface area contributed by atoms with E-state index in [2.05, 4.69) is 33.0 Å². The molecule has 1 saturated heterocycles. The summed E-state index contributed by atoms with van der Waals surface area (Å²) in [6.45, 7) is 3.36. The van der Waals surface area contributed by atoms with Crippen LogP contribution in [-0.4, -0.2) is 34.8 Å². The van der Waals surface area contributed by atoms with Crippen molar-refractivity contribution in [1.29, 1.82) is 0 Å². The molecule has 0 bridgehead atoms. The van der Waals surface area contributed by atoms with Crippen molar-refractivity contribution in [2.24, 2.45) is 5.92 Å². The van der Waals surface area contributed by atoms with E-state index in [0.717, 1.165) is 17.6 Å². The first-order chi connectivity index (χ1) is 7.15. The molecule has 1 aromatic rings. The van der Waals surface area contributed by atoms with Crippen LogP contribution in [-0.2, 0) is 6.54 Å². The normalized spacial score (nSPS) is 23.2. The highest BCUT2D eigenvalue weighted by Crippen LogP contribution is 2.20. The third-order valence-corrected chi connectivity index (χ3v) is 3.52. The monoisotopic (exact) mass is 272 g/mol. The molecule has 1 aliphatic heterocycles. The van der Waals surface area contributed by atoms with E-state index in [1.165, 1.54) is 19.4 Å². The number of halogens is 1. The van der Waals surface area contributed by atoms with Crippen molar-refractivity contribution in [1.82, 2.24) is 14.7 Å². The zero-order valence-electron chi connectivity index (χ0n) is 8.99. The first-order valence-corrected chi connectivity index (χ1v) is 6.11. The van der Waals surface area contributed by atoms with E-state index in [9.17, 15) is 0 Å². The lowest BCUT2D eigenvalue weighted by atomic mass is 9.99. The van der Waals surface area contributed by atoms with E-state index in [-0.39, 0.29) is 0 Å². The Morgan fingerprint density at radius 2 is 2.47 bits per heavy atom. The smallest absolute Gasteiger partial charge is 0.159 e. The molecular formula is C10H17BrN4. The summed E-state index contributed by atoms with van der Waals surface area (Å²) in [6.07, 6.45) is 4.55. The molecule has 1 aromatic heterocycles. The van der Waals surface area contributed by atoms with Gasteiger partial charge in [0.15, 0.2) is 5.82 Å². The molecule has 1 unspecified atom stereocenters. The van der Waals surface area contributed by atoms with Gasteiger partial charge in [0, 0.05) is 19.3 Å². The second-order valence-corrected chi connectivity index (χ2v) is 5.21. The molecule has 1 fully saturated rings. The molecule has 1 aliphatic rings. The number of aromatic nitrogens is 2. The average Bonchev–Trinajstić information content (AvgIpc) is 2.45. The standard InChI is InChI=1S/C10H17BrN4/c1-14-4-2-3-8(5-14)6-15-7-9(11)10(12)13-15/h7-8H,2-6H2,1H3,(H2,12,13). The molecule has 4 nitrogen and oxygen atoms in total. The number of rotatable bonds is 2. The number of likely N-dealkylation sites (tertiary alicyclic amines) is 1. The Balaban J connectivity index is 1.96. The Hall–Kier alpha value is -0.550. The molecular weight excluding hydrogens is 256 g/mol. The van der Waals surface area contributed by atoms with E-state index < -0.39 is 0 Å². The van der Waals surface area contributed by atoms with Crippen molar-refractivity contribution >= 4 is 21.7 Å². The predicted molar refractivity (Wildman–Crippen MR) is 64.6 cm³/mol. The van der Waals surface area contributed by atoms with E-state index in [1.807, 2.05) is 10.9 Å². The third-order valence-electron chi connectivity index (χ3n) is 2.91. The van der Waals surface area contributed by atoms with Gasteiger partial charge in [-0.25, -0.2) is 0 Å². The predicted octanol–water partition coefficient (Wildman–Crippen LogP) is 1.57. The molecule has 2 rings (SSSR count). The molecule has 0 spiro atoms. The van der Waals surface area contributed by atoms with Gasteiger partial charge in [0.1, 0.15) is 0 Å². The summed E-state index contributed by atoms with van der Waals surface area (Å²) in [6, 6.07) is 0. The highest BCUT2D eigenvalue weighted by Gasteiger charge is 2.18. The quantitative estimate of drug-likeness (QED) is 0.889. The number of nitrogens with two attached hydrogens (primary N) is 1. The minimum absolute atomic E-state index is 0.583. The summed E-state index contributed by atoms with van der Waals surface area (Å²) >= 11 is 3.37. The van der Waals surface area contributed by atoms with Crippen LogP contribution < -0.4 is 5.73 Å².